The minimum absolute atomic E-state index is 0.178. The predicted octanol–water partition coefficient (Wildman–Crippen LogP) is 3.13. The Bertz CT molecular complexity index is 575. The van der Waals surface area contributed by atoms with Gasteiger partial charge < -0.3 is 24.3 Å². The van der Waals surface area contributed by atoms with E-state index in [9.17, 15) is 4.79 Å². The summed E-state index contributed by atoms with van der Waals surface area (Å²) in [5.41, 5.74) is 0.203. The number of methoxy groups -OCH3 is 1. The van der Waals surface area contributed by atoms with E-state index in [4.69, 9.17) is 18.9 Å². The molecule has 1 amide bonds. The van der Waals surface area contributed by atoms with Gasteiger partial charge in [0.15, 0.2) is 11.5 Å². The maximum atomic E-state index is 12.7. The van der Waals surface area contributed by atoms with Crippen LogP contribution in [-0.2, 0) is 4.74 Å². The van der Waals surface area contributed by atoms with Gasteiger partial charge in [-0.1, -0.05) is 0 Å². The first-order valence-electron chi connectivity index (χ1n) is 9.06. The molecule has 0 saturated carbocycles. The quantitative estimate of drug-likeness (QED) is 0.670. The molecule has 1 heterocycles. The van der Waals surface area contributed by atoms with Gasteiger partial charge in [-0.25, -0.2) is 0 Å². The molecule has 0 aromatic heterocycles. The number of hydrogen-bond acceptors (Lipinski definition) is 6. The summed E-state index contributed by atoms with van der Waals surface area (Å²) in [7, 11) is 1.70. The van der Waals surface area contributed by atoms with Gasteiger partial charge in [0.2, 0.25) is 5.75 Å². The molecule has 1 saturated heterocycles. The van der Waals surface area contributed by atoms with Crippen molar-refractivity contribution < 1.29 is 23.7 Å². The van der Waals surface area contributed by atoms with E-state index in [0.29, 0.717) is 49.2 Å². The van der Waals surface area contributed by atoms with Crippen LogP contribution in [0.3, 0.4) is 0 Å². The Morgan fingerprint density at radius 3 is 2.19 bits per heavy atom. The molecule has 0 radical (unpaired) electrons. The van der Waals surface area contributed by atoms with Crippen LogP contribution >= 0.6 is 11.8 Å². The highest BCUT2D eigenvalue weighted by molar-refractivity contribution is 7.99. The maximum absolute atomic E-state index is 12.7. The number of carbonyl (C=O) groups excluding carboxylic acids is 1. The molecule has 146 valence electrons. The van der Waals surface area contributed by atoms with Crippen LogP contribution in [0, 0.1) is 0 Å². The summed E-state index contributed by atoms with van der Waals surface area (Å²) in [4.78, 5) is 12.7. The molecule has 7 heteroatoms. The fourth-order valence-corrected chi connectivity index (χ4v) is 4.22. The van der Waals surface area contributed by atoms with Gasteiger partial charge in [-0.15, -0.1) is 0 Å². The molecule has 26 heavy (non-hydrogen) atoms. The Labute approximate surface area is 159 Å². The first-order valence-corrected chi connectivity index (χ1v) is 10.2. The largest absolute Gasteiger partial charge is 0.490 e. The van der Waals surface area contributed by atoms with Crippen molar-refractivity contribution in [3.8, 4) is 17.2 Å². The van der Waals surface area contributed by atoms with Crippen molar-refractivity contribution in [2.24, 2.45) is 0 Å². The Hall–Kier alpha value is -1.60. The average molecular weight is 384 g/mol. The van der Waals surface area contributed by atoms with E-state index in [1.807, 2.05) is 32.5 Å². The molecular formula is C19H29NO5S. The lowest BCUT2D eigenvalue weighted by molar-refractivity contribution is 0.0137. The van der Waals surface area contributed by atoms with Gasteiger partial charge in [-0.3, -0.25) is 4.79 Å². The van der Waals surface area contributed by atoms with Crippen LogP contribution in [0.25, 0.3) is 0 Å². The lowest BCUT2D eigenvalue weighted by atomic mass is 10.0. The molecule has 0 spiro atoms. The van der Waals surface area contributed by atoms with Gasteiger partial charge in [0.1, 0.15) is 0 Å². The first kappa shape index (κ1) is 20.7. The van der Waals surface area contributed by atoms with Crippen molar-refractivity contribution in [3.63, 3.8) is 0 Å². The molecule has 0 aliphatic carbocycles. The summed E-state index contributed by atoms with van der Waals surface area (Å²) in [5, 5.41) is 2.99. The van der Waals surface area contributed by atoms with Crippen molar-refractivity contribution in [1.82, 2.24) is 5.32 Å². The third-order valence-corrected chi connectivity index (χ3v) is 5.47. The molecule has 2 rings (SSSR count). The van der Waals surface area contributed by atoms with Crippen molar-refractivity contribution in [3.05, 3.63) is 17.7 Å². The second kappa shape index (κ2) is 9.92. The topological polar surface area (TPSA) is 66.0 Å². The van der Waals surface area contributed by atoms with E-state index >= 15 is 0 Å². The fraction of sp³-hybridized carbons (Fsp3) is 0.632. The molecule has 1 aromatic carbocycles. The second-order valence-corrected chi connectivity index (χ2v) is 7.08. The molecule has 1 aliphatic heterocycles. The summed E-state index contributed by atoms with van der Waals surface area (Å²) in [6.07, 6.45) is 0.937. The third-order valence-electron chi connectivity index (χ3n) is 4.24. The van der Waals surface area contributed by atoms with E-state index in [0.717, 1.165) is 17.9 Å². The Morgan fingerprint density at radius 2 is 1.73 bits per heavy atom. The number of rotatable bonds is 10. The summed E-state index contributed by atoms with van der Waals surface area (Å²) in [5.74, 6) is 3.33. The Morgan fingerprint density at radius 1 is 1.12 bits per heavy atom. The van der Waals surface area contributed by atoms with E-state index in [1.165, 1.54) is 0 Å². The van der Waals surface area contributed by atoms with E-state index < -0.39 is 0 Å². The van der Waals surface area contributed by atoms with Crippen LogP contribution in [0.1, 0.15) is 37.6 Å². The summed E-state index contributed by atoms with van der Waals surface area (Å²) in [6, 6.07) is 3.41. The van der Waals surface area contributed by atoms with Crippen LogP contribution in [0.5, 0.6) is 17.2 Å². The van der Waals surface area contributed by atoms with Gasteiger partial charge in [-0.2, -0.15) is 11.8 Å². The van der Waals surface area contributed by atoms with Crippen molar-refractivity contribution >= 4 is 17.7 Å². The number of benzene rings is 1. The standard InChI is InChI=1S/C19H29NO5S/c1-5-23-15-10-14(11-16(24-6-2)17(15)25-7-3)18(21)20-12-19(22-4)8-9-26-13-19/h10-11H,5-9,12-13H2,1-4H3,(H,20,21). The van der Waals surface area contributed by atoms with Crippen LogP contribution < -0.4 is 19.5 Å². The van der Waals surface area contributed by atoms with E-state index in [-0.39, 0.29) is 11.5 Å². The minimum Gasteiger partial charge on any atom is -0.490 e. The van der Waals surface area contributed by atoms with Gasteiger partial charge >= 0.3 is 0 Å². The van der Waals surface area contributed by atoms with Gasteiger partial charge in [0.05, 0.1) is 25.4 Å². The molecule has 1 fully saturated rings. The number of ether oxygens (including phenoxy) is 4. The predicted molar refractivity (Wildman–Crippen MR) is 104 cm³/mol. The molecule has 6 nitrogen and oxygen atoms in total. The normalized spacial score (nSPS) is 19.2. The zero-order chi connectivity index (χ0) is 19.0. The molecular weight excluding hydrogens is 354 g/mol. The molecule has 1 aliphatic rings. The molecule has 0 bridgehead atoms. The number of nitrogens with one attached hydrogen (secondary N) is 1. The Balaban J connectivity index is 2.22. The van der Waals surface area contributed by atoms with Crippen molar-refractivity contribution in [2.75, 3.05) is 45.0 Å². The third kappa shape index (κ3) is 4.98. The summed E-state index contributed by atoms with van der Waals surface area (Å²) in [6.45, 7) is 7.60. The van der Waals surface area contributed by atoms with Crippen LogP contribution in [0.4, 0.5) is 0 Å². The molecule has 1 aromatic rings. The zero-order valence-corrected chi connectivity index (χ0v) is 16.9. The van der Waals surface area contributed by atoms with Crippen molar-refractivity contribution in [1.29, 1.82) is 0 Å². The molecule has 1 N–H and O–H groups in total. The highest BCUT2D eigenvalue weighted by Gasteiger charge is 2.34. The highest BCUT2D eigenvalue weighted by atomic mass is 32.2. The smallest absolute Gasteiger partial charge is 0.251 e. The lowest BCUT2D eigenvalue weighted by Crippen LogP contribution is -2.44. The van der Waals surface area contributed by atoms with Gasteiger partial charge in [0, 0.05) is 25.0 Å². The number of thioether (sulfide) groups is 1. The monoisotopic (exact) mass is 383 g/mol. The fourth-order valence-electron chi connectivity index (χ4n) is 2.82. The number of hydrogen-bond donors (Lipinski definition) is 1. The Kier molecular flexibility index (Phi) is 7.90. The molecule has 1 unspecified atom stereocenters. The second-order valence-electron chi connectivity index (χ2n) is 5.97. The molecule has 1 atom stereocenters. The van der Waals surface area contributed by atoms with Gasteiger partial charge in [-0.05, 0) is 45.1 Å². The van der Waals surface area contributed by atoms with Crippen LogP contribution in [0.15, 0.2) is 12.1 Å². The van der Waals surface area contributed by atoms with E-state index in [2.05, 4.69) is 5.32 Å². The summed E-state index contributed by atoms with van der Waals surface area (Å²) < 4.78 is 22.7. The van der Waals surface area contributed by atoms with Crippen LogP contribution in [-0.4, -0.2) is 56.5 Å². The zero-order valence-electron chi connectivity index (χ0n) is 16.1. The maximum Gasteiger partial charge on any atom is 0.251 e. The van der Waals surface area contributed by atoms with Crippen molar-refractivity contribution in [2.45, 2.75) is 32.8 Å². The minimum atomic E-state index is -0.281. The SMILES string of the molecule is CCOc1cc(C(=O)NCC2(OC)CCSC2)cc(OCC)c1OCC. The summed E-state index contributed by atoms with van der Waals surface area (Å²) >= 11 is 1.85. The van der Waals surface area contributed by atoms with Crippen LogP contribution in [0.2, 0.25) is 0 Å². The average Bonchev–Trinajstić information content (AvgIpc) is 3.12. The number of amides is 1. The number of carbonyl (C=O) groups is 1. The highest BCUT2D eigenvalue weighted by Crippen LogP contribution is 2.39. The van der Waals surface area contributed by atoms with Gasteiger partial charge in [0.25, 0.3) is 5.91 Å². The van der Waals surface area contributed by atoms with E-state index in [1.54, 1.807) is 19.2 Å². The lowest BCUT2D eigenvalue weighted by Gasteiger charge is -2.27. The first-order chi connectivity index (χ1) is 12.6.